The van der Waals surface area contributed by atoms with Crippen LogP contribution in [-0.4, -0.2) is 34.8 Å². The first-order valence-corrected chi connectivity index (χ1v) is 17.1. The summed E-state index contributed by atoms with van der Waals surface area (Å²) in [6.45, 7) is 4.62. The molecule has 0 aromatic heterocycles. The molecule has 42 heavy (non-hydrogen) atoms. The second-order valence-electron chi connectivity index (χ2n) is 13.3. The van der Waals surface area contributed by atoms with Crippen molar-refractivity contribution in [2.24, 2.45) is 5.92 Å². The second-order valence-corrected chi connectivity index (χ2v) is 13.3. The molecule has 5 rings (SSSR count). The Morgan fingerprint density at radius 1 is 0.786 bits per heavy atom. The third-order valence-electron chi connectivity index (χ3n) is 10.1. The van der Waals surface area contributed by atoms with Crippen molar-refractivity contribution in [3.05, 3.63) is 46.5 Å². The minimum atomic E-state index is -0.411. The van der Waals surface area contributed by atoms with E-state index in [-0.39, 0.29) is 23.8 Å². The predicted molar refractivity (Wildman–Crippen MR) is 169 cm³/mol. The maximum atomic E-state index is 13.6. The van der Waals surface area contributed by atoms with E-state index in [0.29, 0.717) is 30.4 Å². The Morgan fingerprint density at radius 3 is 1.93 bits per heavy atom. The van der Waals surface area contributed by atoms with E-state index in [0.717, 1.165) is 61.6 Å². The fraction of sp³-hybridized carbons (Fsp3) is 0.649. The largest absolute Gasteiger partial charge is 0.460 e. The molecule has 2 aliphatic carbocycles. The molecule has 1 saturated carbocycles. The number of aryl methyl sites for hydroxylation is 2. The number of amides is 2. The zero-order valence-corrected chi connectivity index (χ0v) is 26.1. The van der Waals surface area contributed by atoms with Crippen molar-refractivity contribution < 1.29 is 19.1 Å². The molecule has 0 unspecified atom stereocenters. The number of imide groups is 1. The van der Waals surface area contributed by atoms with Crippen LogP contribution in [0.1, 0.15) is 155 Å². The number of esters is 1. The number of nitrogens with zero attached hydrogens (tertiary/aromatic N) is 1. The van der Waals surface area contributed by atoms with Crippen molar-refractivity contribution in [3.8, 4) is 0 Å². The minimum Gasteiger partial charge on any atom is -0.460 e. The van der Waals surface area contributed by atoms with Gasteiger partial charge in [-0.3, -0.25) is 19.3 Å². The highest BCUT2D eigenvalue weighted by Crippen LogP contribution is 2.36. The van der Waals surface area contributed by atoms with Gasteiger partial charge in [0.2, 0.25) is 0 Å². The molecule has 1 fully saturated rings. The lowest BCUT2D eigenvalue weighted by molar-refractivity contribution is -0.153. The first-order chi connectivity index (χ1) is 20.5. The van der Waals surface area contributed by atoms with Crippen LogP contribution < -0.4 is 0 Å². The van der Waals surface area contributed by atoms with Crippen LogP contribution in [0.4, 0.5) is 0 Å². The molecule has 5 heteroatoms. The normalized spacial score (nSPS) is 21.0. The third kappa shape index (κ3) is 7.26. The molecule has 2 aromatic carbocycles. The lowest BCUT2D eigenvalue weighted by Crippen LogP contribution is -2.49. The van der Waals surface area contributed by atoms with E-state index >= 15 is 0 Å². The average Bonchev–Trinajstić information content (AvgIpc) is 3.24. The molecule has 228 valence electrons. The van der Waals surface area contributed by atoms with Gasteiger partial charge in [0.1, 0.15) is 6.10 Å². The molecule has 0 bridgehead atoms. The molecule has 0 N–H and O–H groups in total. The van der Waals surface area contributed by atoms with Crippen LogP contribution in [0.2, 0.25) is 0 Å². The van der Waals surface area contributed by atoms with E-state index in [1.165, 1.54) is 73.8 Å². The van der Waals surface area contributed by atoms with Crippen molar-refractivity contribution >= 4 is 28.6 Å². The van der Waals surface area contributed by atoms with Crippen LogP contribution in [0.15, 0.2) is 24.3 Å². The van der Waals surface area contributed by atoms with Crippen LogP contribution in [-0.2, 0) is 22.4 Å². The molecule has 3 atom stereocenters. The predicted octanol–water partition coefficient (Wildman–Crippen LogP) is 9.12. The average molecular weight is 574 g/mol. The fourth-order valence-corrected chi connectivity index (χ4v) is 7.31. The van der Waals surface area contributed by atoms with Gasteiger partial charge < -0.3 is 4.74 Å². The summed E-state index contributed by atoms with van der Waals surface area (Å²) in [6, 6.07) is 7.87. The van der Waals surface area contributed by atoms with Crippen molar-refractivity contribution in [1.82, 2.24) is 4.90 Å². The van der Waals surface area contributed by atoms with Crippen LogP contribution in [0.25, 0.3) is 10.8 Å². The van der Waals surface area contributed by atoms with Crippen molar-refractivity contribution in [1.29, 1.82) is 0 Å². The number of carbonyl (C=O) groups excluding carboxylic acids is 3. The molecule has 1 aliphatic heterocycles. The molecular weight excluding hydrogens is 522 g/mol. The SMILES string of the molecule is CC[C@H](C)CCCCCCCCCCC(=O)O[C@H]1CCCC[C@@H]1N1C(=O)c2cc3cc4c(cc3cc2C1=O)CCCC4. The maximum absolute atomic E-state index is 13.6. The quantitative estimate of drug-likeness (QED) is 0.128. The summed E-state index contributed by atoms with van der Waals surface area (Å²) in [5, 5.41) is 2.07. The lowest BCUT2D eigenvalue weighted by Gasteiger charge is -2.36. The number of fused-ring (bicyclic) bond motifs is 3. The van der Waals surface area contributed by atoms with E-state index < -0.39 is 6.10 Å². The van der Waals surface area contributed by atoms with Crippen LogP contribution in [0, 0.1) is 5.92 Å². The molecule has 2 amide bonds. The van der Waals surface area contributed by atoms with Gasteiger partial charge in [-0.2, -0.15) is 0 Å². The van der Waals surface area contributed by atoms with Gasteiger partial charge in [0, 0.05) is 6.42 Å². The molecule has 0 spiro atoms. The molecular formula is C37H51NO4. The summed E-state index contributed by atoms with van der Waals surface area (Å²) >= 11 is 0. The van der Waals surface area contributed by atoms with E-state index in [1.54, 1.807) is 0 Å². The smallest absolute Gasteiger partial charge is 0.306 e. The lowest BCUT2D eigenvalue weighted by atomic mass is 9.88. The van der Waals surface area contributed by atoms with Gasteiger partial charge >= 0.3 is 5.97 Å². The van der Waals surface area contributed by atoms with Gasteiger partial charge in [-0.15, -0.1) is 0 Å². The van der Waals surface area contributed by atoms with Gasteiger partial charge in [0.15, 0.2) is 0 Å². The topological polar surface area (TPSA) is 63.7 Å². The van der Waals surface area contributed by atoms with E-state index in [1.807, 2.05) is 12.1 Å². The third-order valence-corrected chi connectivity index (χ3v) is 10.1. The number of rotatable bonds is 14. The zero-order valence-electron chi connectivity index (χ0n) is 26.1. The summed E-state index contributed by atoms with van der Waals surface area (Å²) in [6.07, 6.45) is 20.1. The summed E-state index contributed by atoms with van der Waals surface area (Å²) in [5.41, 5.74) is 3.73. The molecule has 0 saturated heterocycles. The number of hydrogen-bond acceptors (Lipinski definition) is 4. The monoisotopic (exact) mass is 573 g/mol. The van der Waals surface area contributed by atoms with Crippen molar-refractivity contribution in [2.45, 2.75) is 148 Å². The molecule has 5 nitrogen and oxygen atoms in total. The van der Waals surface area contributed by atoms with Gasteiger partial charge in [-0.25, -0.2) is 0 Å². The van der Waals surface area contributed by atoms with Gasteiger partial charge in [-0.05, 0) is 91.3 Å². The summed E-state index contributed by atoms with van der Waals surface area (Å²) < 4.78 is 5.97. The first-order valence-electron chi connectivity index (χ1n) is 17.1. The van der Waals surface area contributed by atoms with Crippen LogP contribution in [0.5, 0.6) is 0 Å². The zero-order chi connectivity index (χ0) is 29.5. The summed E-state index contributed by atoms with van der Waals surface area (Å²) in [5.74, 6) is 0.196. The molecule has 2 aromatic rings. The Balaban J connectivity index is 1.11. The Morgan fingerprint density at radius 2 is 1.33 bits per heavy atom. The Kier molecular flexibility index (Phi) is 10.7. The highest BCUT2D eigenvalue weighted by Gasteiger charge is 2.45. The van der Waals surface area contributed by atoms with E-state index in [9.17, 15) is 14.4 Å². The number of hydrogen-bond donors (Lipinski definition) is 0. The highest BCUT2D eigenvalue weighted by atomic mass is 16.5. The summed E-state index contributed by atoms with van der Waals surface area (Å²) in [7, 11) is 0. The highest BCUT2D eigenvalue weighted by molar-refractivity contribution is 6.23. The number of benzene rings is 2. The van der Waals surface area contributed by atoms with Gasteiger partial charge in [-0.1, -0.05) is 90.2 Å². The van der Waals surface area contributed by atoms with Crippen molar-refractivity contribution in [3.63, 3.8) is 0 Å². The molecule has 1 heterocycles. The number of ether oxygens (including phenoxy) is 1. The molecule has 3 aliphatic rings. The Bertz CT molecular complexity index is 1200. The number of unbranched alkanes of at least 4 members (excludes halogenated alkanes) is 7. The second kappa shape index (κ2) is 14.7. The summed E-state index contributed by atoms with van der Waals surface area (Å²) in [4.78, 5) is 41.5. The van der Waals surface area contributed by atoms with Crippen LogP contribution in [0.3, 0.4) is 0 Å². The maximum Gasteiger partial charge on any atom is 0.306 e. The van der Waals surface area contributed by atoms with Gasteiger partial charge in [0.25, 0.3) is 11.8 Å². The first kappa shape index (κ1) is 30.8. The van der Waals surface area contributed by atoms with Crippen molar-refractivity contribution in [2.75, 3.05) is 0 Å². The Hall–Kier alpha value is -2.69. The van der Waals surface area contributed by atoms with Crippen LogP contribution >= 0.6 is 0 Å². The standard InChI is InChI=1S/C37H51NO4/c1-3-26(2)16-10-8-6-4-5-7-9-11-21-35(39)42-34-20-15-14-19-33(34)38-36(40)31-24-29-22-27-17-12-13-18-28(27)23-30(29)25-32(31)37(38)41/h22-26,33-34H,3-21H2,1-2H3/t26-,33-,34-/m0/s1. The molecule has 0 radical (unpaired) electrons. The minimum absolute atomic E-state index is 0.190. The van der Waals surface area contributed by atoms with E-state index in [2.05, 4.69) is 26.0 Å². The Labute approximate surface area is 252 Å². The van der Waals surface area contributed by atoms with E-state index in [4.69, 9.17) is 4.74 Å². The number of carbonyl (C=O) groups is 3. The fourth-order valence-electron chi connectivity index (χ4n) is 7.31. The van der Waals surface area contributed by atoms with Gasteiger partial charge in [0.05, 0.1) is 17.2 Å².